The van der Waals surface area contributed by atoms with Gasteiger partial charge in [-0.25, -0.2) is 17.6 Å². The molecule has 1 aliphatic carbocycles. The van der Waals surface area contributed by atoms with Gasteiger partial charge in [-0.3, -0.25) is 14.4 Å². The summed E-state index contributed by atoms with van der Waals surface area (Å²) in [6.45, 7) is 0.526. The maximum absolute atomic E-state index is 14.9. The van der Waals surface area contributed by atoms with Crippen molar-refractivity contribution < 1.29 is 31.9 Å². The molecule has 0 spiro atoms. The average molecular weight is 519 g/mol. The third kappa shape index (κ3) is 4.40. The zero-order valence-corrected chi connectivity index (χ0v) is 19.7. The van der Waals surface area contributed by atoms with E-state index in [4.69, 9.17) is 0 Å². The fourth-order valence-corrected chi connectivity index (χ4v) is 5.95. The third-order valence-corrected chi connectivity index (χ3v) is 7.75. The number of piperidine rings is 3. The molecule has 6 rings (SSSR count). The van der Waals surface area contributed by atoms with Gasteiger partial charge in [0.1, 0.15) is 29.4 Å². The van der Waals surface area contributed by atoms with Gasteiger partial charge in [0.05, 0.1) is 17.5 Å². The number of carbonyl (C=O) groups is 3. The summed E-state index contributed by atoms with van der Waals surface area (Å²) < 4.78 is 58.3. The number of halogens is 4. The molecule has 3 aliphatic heterocycles. The molecule has 3 saturated heterocycles. The van der Waals surface area contributed by atoms with Crippen molar-refractivity contribution >= 4 is 28.6 Å². The lowest BCUT2D eigenvalue weighted by atomic mass is 9.71. The Morgan fingerprint density at radius 3 is 2.65 bits per heavy atom. The van der Waals surface area contributed by atoms with E-state index in [1.165, 1.54) is 0 Å². The van der Waals surface area contributed by atoms with Crippen molar-refractivity contribution in [1.29, 1.82) is 5.26 Å². The van der Waals surface area contributed by atoms with Crippen molar-refractivity contribution in [2.24, 2.45) is 11.8 Å². The Balaban J connectivity index is 1.43. The lowest BCUT2D eigenvalue weighted by Gasteiger charge is -2.53. The summed E-state index contributed by atoms with van der Waals surface area (Å²) >= 11 is 0. The fraction of sp³-hybridized carbons (Fsp3) is 0.520. The van der Waals surface area contributed by atoms with Crippen LogP contribution in [0.25, 0.3) is 10.9 Å². The zero-order chi connectivity index (χ0) is 26.5. The highest BCUT2D eigenvalue weighted by atomic mass is 19.3. The molecule has 2 aromatic rings. The molecule has 3 amide bonds. The SMILES string of the molecule is N#C[C@@H](C[C@@H]1CCCNC1=O)NC(=O)[C@@H]1[C@@H]2CC[C@@H](CC2(F)F)N1C(=O)c1cc2c(F)ccc(F)c2[nH]1. The highest BCUT2D eigenvalue weighted by Crippen LogP contribution is 2.49. The van der Waals surface area contributed by atoms with Crippen molar-refractivity contribution in [3.05, 3.63) is 35.5 Å². The molecule has 4 heterocycles. The van der Waals surface area contributed by atoms with Crippen LogP contribution in [-0.4, -0.2) is 58.2 Å². The number of nitrogens with zero attached hydrogens (tertiary/aromatic N) is 2. The summed E-state index contributed by atoms with van der Waals surface area (Å²) in [6, 6.07) is 1.14. The summed E-state index contributed by atoms with van der Waals surface area (Å²) in [5, 5.41) is 14.6. The second kappa shape index (κ2) is 9.36. The molecule has 1 aromatic heterocycles. The van der Waals surface area contributed by atoms with Gasteiger partial charge >= 0.3 is 0 Å². The van der Waals surface area contributed by atoms with Crippen LogP contribution in [0.2, 0.25) is 0 Å². The van der Waals surface area contributed by atoms with E-state index in [-0.39, 0.29) is 41.8 Å². The second-order valence-electron chi connectivity index (χ2n) is 10.0. The average Bonchev–Trinajstić information content (AvgIpc) is 3.33. The minimum absolute atomic E-state index is 0.00224. The largest absolute Gasteiger partial charge is 0.356 e. The molecule has 0 radical (unpaired) electrons. The minimum atomic E-state index is -3.22. The van der Waals surface area contributed by atoms with Gasteiger partial charge in [-0.05, 0) is 50.3 Å². The lowest BCUT2D eigenvalue weighted by Crippen LogP contribution is -2.68. The lowest BCUT2D eigenvalue weighted by molar-refractivity contribution is -0.179. The maximum Gasteiger partial charge on any atom is 0.271 e. The predicted molar refractivity (Wildman–Crippen MR) is 122 cm³/mol. The number of nitriles is 1. The predicted octanol–water partition coefficient (Wildman–Crippen LogP) is 3.00. The minimum Gasteiger partial charge on any atom is -0.356 e. The monoisotopic (exact) mass is 519 g/mol. The van der Waals surface area contributed by atoms with Crippen molar-refractivity contribution in [3.63, 3.8) is 0 Å². The van der Waals surface area contributed by atoms with E-state index in [9.17, 15) is 37.2 Å². The van der Waals surface area contributed by atoms with Crippen LogP contribution in [0, 0.1) is 34.8 Å². The topological polar surface area (TPSA) is 118 Å². The Morgan fingerprint density at radius 2 is 1.97 bits per heavy atom. The smallest absolute Gasteiger partial charge is 0.271 e. The van der Waals surface area contributed by atoms with E-state index in [1.807, 2.05) is 6.07 Å². The number of amides is 3. The molecule has 1 saturated carbocycles. The highest BCUT2D eigenvalue weighted by molar-refractivity contribution is 6.01. The summed E-state index contributed by atoms with van der Waals surface area (Å²) in [4.78, 5) is 42.6. The van der Waals surface area contributed by atoms with Crippen molar-refractivity contribution in [3.8, 4) is 6.07 Å². The first-order valence-electron chi connectivity index (χ1n) is 12.3. The van der Waals surface area contributed by atoms with Gasteiger partial charge in [-0.2, -0.15) is 5.26 Å². The van der Waals surface area contributed by atoms with Crippen molar-refractivity contribution in [1.82, 2.24) is 20.5 Å². The van der Waals surface area contributed by atoms with Crippen LogP contribution in [0.5, 0.6) is 0 Å². The van der Waals surface area contributed by atoms with Crippen LogP contribution >= 0.6 is 0 Å². The number of benzene rings is 1. The number of hydrogen-bond donors (Lipinski definition) is 3. The molecule has 1 aromatic carbocycles. The fourth-order valence-electron chi connectivity index (χ4n) is 5.95. The molecule has 0 unspecified atom stereocenters. The van der Waals surface area contributed by atoms with Gasteiger partial charge in [-0.1, -0.05) is 0 Å². The molecule has 5 atom stereocenters. The quantitative estimate of drug-likeness (QED) is 0.527. The number of H-pyrrole nitrogens is 1. The zero-order valence-electron chi connectivity index (χ0n) is 19.7. The number of nitrogens with one attached hydrogen (secondary N) is 3. The van der Waals surface area contributed by atoms with Gasteiger partial charge in [0.15, 0.2) is 0 Å². The van der Waals surface area contributed by atoms with Gasteiger partial charge in [0, 0.05) is 30.3 Å². The standard InChI is InChI=1S/C25H25F4N5O3/c26-17-5-6-18(27)20-15(17)9-19(33-20)24(37)34-14-3-4-16(25(28,29)10-14)21(34)23(36)32-13(11-30)8-12-2-1-7-31-22(12)35/h5-6,9,12-14,16,21,33H,1-4,7-8,10H2,(H,31,35)(H,32,36)/t12-,13+,14-,16-,21-/m0/s1. The highest BCUT2D eigenvalue weighted by Gasteiger charge is 2.60. The molecule has 8 nitrogen and oxygen atoms in total. The number of aromatic nitrogens is 1. The first kappa shape index (κ1) is 25.0. The van der Waals surface area contributed by atoms with Crippen molar-refractivity contribution in [2.45, 2.75) is 62.6 Å². The van der Waals surface area contributed by atoms with Crippen molar-refractivity contribution in [2.75, 3.05) is 6.54 Å². The first-order chi connectivity index (χ1) is 17.6. The van der Waals surface area contributed by atoms with Crippen LogP contribution in [-0.2, 0) is 9.59 Å². The van der Waals surface area contributed by atoms with Gasteiger partial charge < -0.3 is 20.5 Å². The number of aromatic amines is 1. The number of fused-ring (bicyclic) bond motifs is 4. The summed E-state index contributed by atoms with van der Waals surface area (Å²) in [5.41, 5.74) is -0.476. The van der Waals surface area contributed by atoms with Crippen LogP contribution in [0.1, 0.15) is 49.0 Å². The van der Waals surface area contributed by atoms with E-state index in [1.54, 1.807) is 0 Å². The number of hydrogen-bond acceptors (Lipinski definition) is 4. The molecule has 12 heteroatoms. The molecule has 2 bridgehead atoms. The van der Waals surface area contributed by atoms with Crippen LogP contribution < -0.4 is 10.6 Å². The Bertz CT molecular complexity index is 1270. The van der Waals surface area contributed by atoms with Gasteiger partial charge in [0.25, 0.3) is 11.8 Å². The van der Waals surface area contributed by atoms with E-state index < -0.39 is 65.8 Å². The number of rotatable bonds is 5. The second-order valence-corrected chi connectivity index (χ2v) is 10.0. The molecular formula is C25H25F4N5O3. The summed E-state index contributed by atoms with van der Waals surface area (Å²) in [6.07, 6.45) is 0.861. The van der Waals surface area contributed by atoms with E-state index in [0.717, 1.165) is 29.5 Å². The van der Waals surface area contributed by atoms with Gasteiger partial charge in [0.2, 0.25) is 11.8 Å². The third-order valence-electron chi connectivity index (χ3n) is 7.75. The summed E-state index contributed by atoms with van der Waals surface area (Å²) in [5.74, 6) is -8.76. The molecular weight excluding hydrogens is 494 g/mol. The Labute approximate surface area is 209 Å². The van der Waals surface area contributed by atoms with E-state index in [2.05, 4.69) is 15.6 Å². The Hall–Kier alpha value is -3.62. The van der Waals surface area contributed by atoms with E-state index in [0.29, 0.717) is 13.0 Å². The maximum atomic E-state index is 14.9. The molecule has 196 valence electrons. The van der Waals surface area contributed by atoms with E-state index >= 15 is 0 Å². The molecule has 37 heavy (non-hydrogen) atoms. The van der Waals surface area contributed by atoms with Crippen LogP contribution in [0.3, 0.4) is 0 Å². The van der Waals surface area contributed by atoms with Gasteiger partial charge in [-0.15, -0.1) is 0 Å². The Kier molecular flexibility index (Phi) is 6.33. The molecule has 3 N–H and O–H groups in total. The number of carbonyl (C=O) groups excluding carboxylic acids is 3. The van der Waals surface area contributed by atoms with Crippen LogP contribution in [0.4, 0.5) is 17.6 Å². The summed E-state index contributed by atoms with van der Waals surface area (Å²) in [7, 11) is 0. The number of alkyl halides is 2. The molecule has 4 aliphatic rings. The first-order valence-corrected chi connectivity index (χ1v) is 12.3. The van der Waals surface area contributed by atoms with Crippen LogP contribution in [0.15, 0.2) is 18.2 Å². The molecule has 4 fully saturated rings. The Morgan fingerprint density at radius 1 is 1.22 bits per heavy atom. The normalized spacial score (nSPS) is 27.4.